The van der Waals surface area contributed by atoms with Gasteiger partial charge in [0, 0.05) is 38.1 Å². The van der Waals surface area contributed by atoms with E-state index in [2.05, 4.69) is 15.3 Å². The molecule has 1 aromatic heterocycles. The van der Waals surface area contributed by atoms with Gasteiger partial charge in [-0.1, -0.05) is 0 Å². The molecule has 0 radical (unpaired) electrons. The van der Waals surface area contributed by atoms with E-state index in [4.69, 9.17) is 0 Å². The molecule has 2 heterocycles. The summed E-state index contributed by atoms with van der Waals surface area (Å²) in [7, 11) is 0. The van der Waals surface area contributed by atoms with Crippen LogP contribution in [0.25, 0.3) is 0 Å². The predicted molar refractivity (Wildman–Crippen MR) is 94.1 cm³/mol. The molecule has 1 fully saturated rings. The lowest BCUT2D eigenvalue weighted by atomic mass is 10.2. The summed E-state index contributed by atoms with van der Waals surface area (Å²) >= 11 is 0. The zero-order chi connectivity index (χ0) is 18.5. The van der Waals surface area contributed by atoms with Crippen LogP contribution in [0.4, 0.5) is 10.1 Å². The molecule has 1 aromatic carbocycles. The molecule has 0 atom stereocenters. The van der Waals surface area contributed by atoms with E-state index in [9.17, 15) is 14.0 Å². The molecule has 0 bridgehead atoms. The van der Waals surface area contributed by atoms with Crippen LogP contribution in [0.3, 0.4) is 0 Å². The highest BCUT2D eigenvalue weighted by atomic mass is 19.1. The number of benzene rings is 1. The van der Waals surface area contributed by atoms with E-state index in [1.165, 1.54) is 30.5 Å². The van der Waals surface area contributed by atoms with E-state index in [0.29, 0.717) is 37.6 Å². The van der Waals surface area contributed by atoms with Crippen LogP contribution in [-0.4, -0.2) is 64.3 Å². The van der Waals surface area contributed by atoms with Crippen molar-refractivity contribution in [2.75, 3.05) is 38.0 Å². The summed E-state index contributed by atoms with van der Waals surface area (Å²) in [5, 5.41) is 2.74. The van der Waals surface area contributed by atoms with Gasteiger partial charge in [0.15, 0.2) is 0 Å². The van der Waals surface area contributed by atoms with Crippen LogP contribution < -0.4 is 5.32 Å². The molecule has 1 aliphatic heterocycles. The van der Waals surface area contributed by atoms with Gasteiger partial charge in [-0.05, 0) is 31.2 Å². The van der Waals surface area contributed by atoms with E-state index < -0.39 is 0 Å². The van der Waals surface area contributed by atoms with Crippen LogP contribution in [0.1, 0.15) is 16.2 Å². The topological polar surface area (TPSA) is 78.4 Å². The Morgan fingerprint density at radius 3 is 2.38 bits per heavy atom. The van der Waals surface area contributed by atoms with Crippen molar-refractivity contribution >= 4 is 17.5 Å². The van der Waals surface area contributed by atoms with Crippen molar-refractivity contribution in [1.29, 1.82) is 0 Å². The smallest absolute Gasteiger partial charge is 0.274 e. The summed E-state index contributed by atoms with van der Waals surface area (Å²) in [6, 6.07) is 5.64. The third kappa shape index (κ3) is 4.60. The predicted octanol–water partition coefficient (Wildman–Crippen LogP) is 1.32. The van der Waals surface area contributed by atoms with Crippen LogP contribution in [0.2, 0.25) is 0 Å². The molecule has 0 spiro atoms. The molecule has 8 heteroatoms. The monoisotopic (exact) mass is 357 g/mol. The van der Waals surface area contributed by atoms with E-state index in [1.807, 2.05) is 11.8 Å². The van der Waals surface area contributed by atoms with Crippen LogP contribution >= 0.6 is 0 Å². The lowest BCUT2D eigenvalue weighted by molar-refractivity contribution is -0.117. The van der Waals surface area contributed by atoms with Crippen LogP contribution in [0, 0.1) is 12.7 Å². The highest BCUT2D eigenvalue weighted by Crippen LogP contribution is 2.10. The van der Waals surface area contributed by atoms with Crippen molar-refractivity contribution < 1.29 is 14.0 Å². The fourth-order valence-corrected chi connectivity index (χ4v) is 2.71. The van der Waals surface area contributed by atoms with Gasteiger partial charge in [0.1, 0.15) is 11.5 Å². The molecule has 2 aromatic rings. The zero-order valence-electron chi connectivity index (χ0n) is 14.5. The van der Waals surface area contributed by atoms with Gasteiger partial charge < -0.3 is 10.2 Å². The van der Waals surface area contributed by atoms with E-state index in [1.54, 1.807) is 11.1 Å². The first kappa shape index (κ1) is 17.9. The lowest BCUT2D eigenvalue weighted by Crippen LogP contribution is -2.50. The van der Waals surface area contributed by atoms with Gasteiger partial charge in [-0.3, -0.25) is 19.5 Å². The quantitative estimate of drug-likeness (QED) is 0.893. The second kappa shape index (κ2) is 8.01. The second-order valence-electron chi connectivity index (χ2n) is 6.17. The Balaban J connectivity index is 1.47. The number of aryl methyl sites for hydroxylation is 1. The van der Waals surface area contributed by atoms with Crippen molar-refractivity contribution in [3.8, 4) is 0 Å². The standard InChI is InChI=1S/C18H20FN5O2/c1-13-10-21-16(11-20-13)18(26)24-8-6-23(7-9-24)12-17(25)22-15-4-2-14(19)3-5-15/h2-5,10-11H,6-9,12H2,1H3,(H,22,25). The summed E-state index contributed by atoms with van der Waals surface area (Å²) in [4.78, 5) is 36.4. The Labute approximate surface area is 150 Å². The minimum Gasteiger partial charge on any atom is -0.335 e. The van der Waals surface area contributed by atoms with Gasteiger partial charge in [0.05, 0.1) is 18.4 Å². The third-order valence-electron chi connectivity index (χ3n) is 4.15. The average Bonchev–Trinajstić information content (AvgIpc) is 2.64. The van der Waals surface area contributed by atoms with E-state index in [-0.39, 0.29) is 24.2 Å². The maximum Gasteiger partial charge on any atom is 0.274 e. The third-order valence-corrected chi connectivity index (χ3v) is 4.15. The Morgan fingerprint density at radius 2 is 1.77 bits per heavy atom. The van der Waals surface area contributed by atoms with Crippen molar-refractivity contribution in [3.05, 3.63) is 53.9 Å². The van der Waals surface area contributed by atoms with Crippen molar-refractivity contribution in [1.82, 2.24) is 19.8 Å². The highest BCUT2D eigenvalue weighted by molar-refractivity contribution is 5.93. The first-order valence-electron chi connectivity index (χ1n) is 8.37. The fourth-order valence-electron chi connectivity index (χ4n) is 2.71. The van der Waals surface area contributed by atoms with Crippen LogP contribution in [0.5, 0.6) is 0 Å². The molecule has 1 aliphatic rings. The molecule has 0 unspecified atom stereocenters. The Bertz CT molecular complexity index is 771. The Hall–Kier alpha value is -2.87. The minimum absolute atomic E-state index is 0.145. The number of rotatable bonds is 4. The number of aromatic nitrogens is 2. The molecule has 136 valence electrons. The first-order chi connectivity index (χ1) is 12.5. The van der Waals surface area contributed by atoms with Gasteiger partial charge in [0.2, 0.25) is 5.91 Å². The number of hydrogen-bond acceptors (Lipinski definition) is 5. The van der Waals surface area contributed by atoms with E-state index in [0.717, 1.165) is 5.69 Å². The molecule has 2 amide bonds. The first-order valence-corrected chi connectivity index (χ1v) is 8.37. The fraction of sp³-hybridized carbons (Fsp3) is 0.333. The summed E-state index contributed by atoms with van der Waals surface area (Å²) in [5.74, 6) is -0.657. The maximum atomic E-state index is 12.9. The minimum atomic E-state index is -0.345. The number of amides is 2. The molecule has 26 heavy (non-hydrogen) atoms. The zero-order valence-corrected chi connectivity index (χ0v) is 14.5. The number of hydrogen-bond donors (Lipinski definition) is 1. The molecular weight excluding hydrogens is 337 g/mol. The van der Waals surface area contributed by atoms with Gasteiger partial charge >= 0.3 is 0 Å². The highest BCUT2D eigenvalue weighted by Gasteiger charge is 2.24. The van der Waals surface area contributed by atoms with Crippen molar-refractivity contribution in [2.45, 2.75) is 6.92 Å². The SMILES string of the molecule is Cc1cnc(C(=O)N2CCN(CC(=O)Nc3ccc(F)cc3)CC2)cn1. The van der Waals surface area contributed by atoms with Crippen LogP contribution in [0.15, 0.2) is 36.7 Å². The van der Waals surface area contributed by atoms with Crippen molar-refractivity contribution in [2.24, 2.45) is 0 Å². The molecule has 0 aliphatic carbocycles. The van der Waals surface area contributed by atoms with Gasteiger partial charge in [-0.25, -0.2) is 9.37 Å². The molecule has 0 saturated carbocycles. The average molecular weight is 357 g/mol. The number of nitrogens with zero attached hydrogens (tertiary/aromatic N) is 4. The second-order valence-corrected chi connectivity index (χ2v) is 6.17. The number of piperazine rings is 1. The number of anilines is 1. The Kier molecular flexibility index (Phi) is 5.52. The number of carbonyl (C=O) groups excluding carboxylic acids is 2. The van der Waals surface area contributed by atoms with Gasteiger partial charge in [-0.15, -0.1) is 0 Å². The van der Waals surface area contributed by atoms with Gasteiger partial charge in [-0.2, -0.15) is 0 Å². The lowest BCUT2D eigenvalue weighted by Gasteiger charge is -2.34. The number of halogens is 1. The normalized spacial score (nSPS) is 14.9. The molecular formula is C18H20FN5O2. The summed E-state index contributed by atoms with van der Waals surface area (Å²) in [5.41, 5.74) is 1.65. The molecule has 7 nitrogen and oxygen atoms in total. The summed E-state index contributed by atoms with van der Waals surface area (Å²) in [6.07, 6.45) is 3.06. The van der Waals surface area contributed by atoms with Crippen LogP contribution in [-0.2, 0) is 4.79 Å². The van der Waals surface area contributed by atoms with E-state index >= 15 is 0 Å². The number of nitrogens with one attached hydrogen (secondary N) is 1. The van der Waals surface area contributed by atoms with Crippen molar-refractivity contribution in [3.63, 3.8) is 0 Å². The molecule has 3 rings (SSSR count). The largest absolute Gasteiger partial charge is 0.335 e. The molecule has 1 N–H and O–H groups in total. The number of carbonyl (C=O) groups is 2. The Morgan fingerprint density at radius 1 is 1.08 bits per heavy atom. The summed E-state index contributed by atoms with van der Waals surface area (Å²) < 4.78 is 12.9. The molecule has 1 saturated heterocycles. The maximum absolute atomic E-state index is 12.9. The van der Waals surface area contributed by atoms with Gasteiger partial charge in [0.25, 0.3) is 5.91 Å². The summed E-state index contributed by atoms with van der Waals surface area (Å²) in [6.45, 7) is 4.29.